The second kappa shape index (κ2) is 11.3. The minimum Gasteiger partial charge on any atom is -0.457 e. The van der Waals surface area contributed by atoms with Gasteiger partial charge in [0.15, 0.2) is 0 Å². The first-order valence-electron chi connectivity index (χ1n) is 15.4. The fraction of sp³-hybridized carbons (Fsp3) is 0.150. The molecule has 238 valence electrons. The maximum atomic E-state index is 11.9. The van der Waals surface area contributed by atoms with Crippen LogP contribution < -0.4 is 9.47 Å². The number of hydrogen-bond acceptors (Lipinski definition) is 8. The summed E-state index contributed by atoms with van der Waals surface area (Å²) in [6.07, 6.45) is 0. The van der Waals surface area contributed by atoms with Crippen molar-refractivity contribution in [1.82, 2.24) is 0 Å². The third-order valence-corrected chi connectivity index (χ3v) is 9.18. The Kier molecular flexibility index (Phi) is 7.24. The molecule has 7 rings (SSSR count). The van der Waals surface area contributed by atoms with Crippen molar-refractivity contribution >= 4 is 23.9 Å². The number of esters is 4. The number of carbonyl (C=O) groups excluding carboxylic acids is 4. The molecule has 8 nitrogen and oxygen atoms in total. The van der Waals surface area contributed by atoms with Gasteiger partial charge in [0.2, 0.25) is 0 Å². The summed E-state index contributed by atoms with van der Waals surface area (Å²) in [4.78, 5) is 47.3. The third kappa shape index (κ3) is 5.41. The monoisotopic (exact) mass is 638 g/mol. The Morgan fingerprint density at radius 2 is 0.646 bits per heavy atom. The van der Waals surface area contributed by atoms with E-state index in [1.54, 1.807) is 12.1 Å². The molecule has 5 aromatic carbocycles. The maximum absolute atomic E-state index is 11.9. The highest BCUT2D eigenvalue weighted by Gasteiger charge is 2.31. The van der Waals surface area contributed by atoms with Crippen LogP contribution in [0.2, 0.25) is 0 Å². The average molecular weight is 639 g/mol. The lowest BCUT2D eigenvalue weighted by Crippen LogP contribution is -2.21. The first kappa shape index (κ1) is 30.6. The second-order valence-corrected chi connectivity index (χ2v) is 12.8. The lowest BCUT2D eigenvalue weighted by molar-refractivity contribution is 0.0425. The molecule has 0 saturated carbocycles. The molecule has 0 aromatic heterocycles. The van der Waals surface area contributed by atoms with E-state index in [2.05, 4.69) is 61.4 Å². The summed E-state index contributed by atoms with van der Waals surface area (Å²) in [6.45, 7) is 8.69. The van der Waals surface area contributed by atoms with Crippen LogP contribution in [-0.2, 0) is 20.3 Å². The number of ether oxygens (including phenoxy) is 4. The van der Waals surface area contributed by atoms with Crippen LogP contribution in [0.3, 0.4) is 0 Å². The van der Waals surface area contributed by atoms with E-state index in [0.29, 0.717) is 23.0 Å². The Labute approximate surface area is 276 Å². The molecule has 0 aliphatic carbocycles. The minimum absolute atomic E-state index is 0.203. The molecule has 2 aliphatic heterocycles. The Bertz CT molecular complexity index is 1970. The van der Waals surface area contributed by atoms with Gasteiger partial charge in [0.1, 0.15) is 23.0 Å². The van der Waals surface area contributed by atoms with E-state index >= 15 is 0 Å². The number of benzene rings is 5. The van der Waals surface area contributed by atoms with Gasteiger partial charge < -0.3 is 18.9 Å². The van der Waals surface area contributed by atoms with Gasteiger partial charge in [0.25, 0.3) is 0 Å². The molecule has 2 aliphatic rings. The molecule has 0 fully saturated rings. The topological polar surface area (TPSA) is 105 Å². The van der Waals surface area contributed by atoms with E-state index in [4.69, 9.17) is 9.47 Å². The lowest BCUT2D eigenvalue weighted by Gasteiger charge is -2.29. The number of fused-ring (bicyclic) bond motifs is 2. The number of rotatable bonds is 8. The van der Waals surface area contributed by atoms with Crippen LogP contribution in [0.1, 0.15) is 91.4 Å². The van der Waals surface area contributed by atoms with E-state index in [-0.39, 0.29) is 33.1 Å². The average Bonchev–Trinajstić information content (AvgIpc) is 3.53. The molecule has 5 aromatic rings. The second-order valence-electron chi connectivity index (χ2n) is 12.8. The van der Waals surface area contributed by atoms with E-state index in [9.17, 15) is 19.2 Å². The molecular weight excluding hydrogens is 608 g/mol. The molecule has 0 atom stereocenters. The van der Waals surface area contributed by atoms with E-state index in [0.717, 1.165) is 22.3 Å². The largest absolute Gasteiger partial charge is 0.457 e. The molecule has 0 bridgehead atoms. The summed E-state index contributed by atoms with van der Waals surface area (Å²) in [5.41, 5.74) is 4.82. The van der Waals surface area contributed by atoms with Crippen molar-refractivity contribution in [3.63, 3.8) is 0 Å². The van der Waals surface area contributed by atoms with E-state index in [1.807, 2.05) is 48.5 Å². The molecule has 48 heavy (non-hydrogen) atoms. The van der Waals surface area contributed by atoms with Crippen LogP contribution in [0, 0.1) is 0 Å². The van der Waals surface area contributed by atoms with Gasteiger partial charge in [-0.3, -0.25) is 0 Å². The highest BCUT2D eigenvalue weighted by molar-refractivity contribution is 6.15. The Hall–Kier alpha value is -6.02. The highest BCUT2D eigenvalue weighted by Crippen LogP contribution is 2.38. The van der Waals surface area contributed by atoms with Crippen molar-refractivity contribution < 1.29 is 38.1 Å². The fourth-order valence-electron chi connectivity index (χ4n) is 6.04. The molecule has 0 amide bonds. The third-order valence-electron chi connectivity index (χ3n) is 9.18. The van der Waals surface area contributed by atoms with Crippen molar-refractivity contribution in [3.8, 4) is 23.0 Å². The normalized spacial score (nSPS) is 13.9. The molecule has 0 unspecified atom stereocenters. The zero-order chi connectivity index (χ0) is 33.8. The predicted molar refractivity (Wildman–Crippen MR) is 176 cm³/mol. The molecule has 0 radical (unpaired) electrons. The fourth-order valence-corrected chi connectivity index (χ4v) is 6.04. The number of cyclic esters (lactones) is 4. The standard InChI is InChI=1S/C40H30O8/c1-39(2,25-9-13-27(14-10-25)45-29-17-19-31-33(21-29)37(43)47-35(31)41)23-5-7-24(8-6-23)40(3,4)26-11-15-28(16-12-26)46-30-18-20-32-34(22-30)38(44)48-36(32)42/h5-22H,1-4H3. The molecule has 0 saturated heterocycles. The van der Waals surface area contributed by atoms with Crippen molar-refractivity contribution in [1.29, 1.82) is 0 Å². The summed E-state index contributed by atoms with van der Waals surface area (Å²) < 4.78 is 21.2. The van der Waals surface area contributed by atoms with Gasteiger partial charge in [0, 0.05) is 10.8 Å². The van der Waals surface area contributed by atoms with Crippen LogP contribution >= 0.6 is 0 Å². The number of hydrogen-bond donors (Lipinski definition) is 0. The van der Waals surface area contributed by atoms with E-state index < -0.39 is 23.9 Å². The quantitative estimate of drug-likeness (QED) is 0.123. The van der Waals surface area contributed by atoms with Crippen LogP contribution in [-0.4, -0.2) is 23.9 Å². The Morgan fingerprint density at radius 1 is 0.375 bits per heavy atom. The van der Waals surface area contributed by atoms with Crippen molar-refractivity contribution in [2.45, 2.75) is 38.5 Å². The molecule has 8 heteroatoms. The molecule has 2 heterocycles. The highest BCUT2D eigenvalue weighted by atomic mass is 16.6. The first-order valence-corrected chi connectivity index (χ1v) is 15.4. The SMILES string of the molecule is CC(C)(c1ccc(Oc2ccc3c(c2)C(=O)OC3=O)cc1)c1ccc(C(C)(C)c2ccc(Oc3ccc4c(c3)C(=O)OC4=O)cc2)cc1. The smallest absolute Gasteiger partial charge is 0.347 e. The van der Waals surface area contributed by atoms with Gasteiger partial charge >= 0.3 is 23.9 Å². The Morgan fingerprint density at radius 3 is 0.979 bits per heavy atom. The molecule has 0 spiro atoms. The van der Waals surface area contributed by atoms with Crippen LogP contribution in [0.25, 0.3) is 0 Å². The van der Waals surface area contributed by atoms with Gasteiger partial charge in [-0.25, -0.2) is 19.2 Å². The molecule has 0 N–H and O–H groups in total. The van der Waals surface area contributed by atoms with E-state index in [1.165, 1.54) is 24.3 Å². The maximum Gasteiger partial charge on any atom is 0.347 e. The lowest BCUT2D eigenvalue weighted by atomic mass is 9.74. The predicted octanol–water partition coefficient (Wildman–Crippen LogP) is 8.54. The van der Waals surface area contributed by atoms with Crippen molar-refractivity contribution in [2.24, 2.45) is 0 Å². The summed E-state index contributed by atoms with van der Waals surface area (Å²) in [5, 5.41) is 0. The summed E-state index contributed by atoms with van der Waals surface area (Å²) in [5.74, 6) is -0.525. The van der Waals surface area contributed by atoms with Gasteiger partial charge in [-0.15, -0.1) is 0 Å². The van der Waals surface area contributed by atoms with Gasteiger partial charge in [0.05, 0.1) is 22.3 Å². The van der Waals surface area contributed by atoms with Crippen LogP contribution in [0.5, 0.6) is 23.0 Å². The van der Waals surface area contributed by atoms with Gasteiger partial charge in [-0.1, -0.05) is 76.2 Å². The van der Waals surface area contributed by atoms with Gasteiger partial charge in [-0.2, -0.15) is 0 Å². The first-order chi connectivity index (χ1) is 22.9. The zero-order valence-corrected chi connectivity index (χ0v) is 26.7. The van der Waals surface area contributed by atoms with Crippen molar-refractivity contribution in [3.05, 3.63) is 154 Å². The summed E-state index contributed by atoms with van der Waals surface area (Å²) in [6, 6.07) is 33.7. The number of carbonyl (C=O) groups is 4. The summed E-state index contributed by atoms with van der Waals surface area (Å²) in [7, 11) is 0. The van der Waals surface area contributed by atoms with Crippen molar-refractivity contribution in [2.75, 3.05) is 0 Å². The van der Waals surface area contributed by atoms with Crippen LogP contribution in [0.4, 0.5) is 0 Å². The summed E-state index contributed by atoms with van der Waals surface area (Å²) >= 11 is 0. The Balaban J connectivity index is 1.03. The van der Waals surface area contributed by atoms with Crippen LogP contribution in [0.15, 0.2) is 109 Å². The zero-order valence-electron chi connectivity index (χ0n) is 26.7. The van der Waals surface area contributed by atoms with Gasteiger partial charge in [-0.05, 0) is 82.9 Å². The minimum atomic E-state index is -0.668. The molecular formula is C40H30O8.